The molecule has 1 N–H and O–H groups in total. The second-order valence-electron chi connectivity index (χ2n) is 5.38. The fraction of sp³-hybridized carbons (Fsp3) is 0.500. The van der Waals surface area contributed by atoms with Crippen molar-refractivity contribution in [3.05, 3.63) is 29.8 Å². The number of ether oxygens (including phenoxy) is 2. The minimum Gasteiger partial charge on any atom is -0.497 e. The van der Waals surface area contributed by atoms with Crippen LogP contribution in [0.1, 0.15) is 18.9 Å². The number of hydrogen-bond donors (Lipinski definition) is 1. The second-order valence-corrected chi connectivity index (χ2v) is 5.38. The molecule has 0 aliphatic heterocycles. The molecule has 0 spiro atoms. The summed E-state index contributed by atoms with van der Waals surface area (Å²) in [6, 6.07) is 7.68. The Morgan fingerprint density at radius 2 is 1.95 bits per heavy atom. The Balaban J connectivity index is 1.61. The molecule has 1 aliphatic carbocycles. The van der Waals surface area contributed by atoms with E-state index < -0.39 is 0 Å². The first-order valence-electron chi connectivity index (χ1n) is 7.16. The lowest BCUT2D eigenvalue weighted by atomic mass is 10.1. The Hall–Kier alpha value is -2.04. The molecular formula is C16H21NO4. The molecule has 0 radical (unpaired) electrons. The molecule has 1 fully saturated rings. The fourth-order valence-corrected chi connectivity index (χ4v) is 2.08. The van der Waals surface area contributed by atoms with Crippen molar-refractivity contribution in [1.29, 1.82) is 0 Å². The van der Waals surface area contributed by atoms with Gasteiger partial charge in [-0.1, -0.05) is 19.1 Å². The van der Waals surface area contributed by atoms with E-state index in [-0.39, 0.29) is 24.4 Å². The molecule has 1 aromatic rings. The highest BCUT2D eigenvalue weighted by molar-refractivity contribution is 5.82. The lowest BCUT2D eigenvalue weighted by Gasteiger charge is -2.07. The predicted octanol–water partition coefficient (Wildman–Crippen LogP) is 1.55. The lowest BCUT2D eigenvalue weighted by Crippen LogP contribution is -2.30. The number of hydrogen-bond acceptors (Lipinski definition) is 4. The molecular weight excluding hydrogens is 270 g/mol. The summed E-state index contributed by atoms with van der Waals surface area (Å²) in [5, 5.41) is 2.74. The zero-order valence-corrected chi connectivity index (χ0v) is 12.4. The molecule has 2 rings (SSSR count). The maximum atomic E-state index is 11.6. The summed E-state index contributed by atoms with van der Waals surface area (Å²) in [5.41, 5.74) is 1.11. The quantitative estimate of drug-likeness (QED) is 0.774. The first kappa shape index (κ1) is 15.4. The summed E-state index contributed by atoms with van der Waals surface area (Å²) in [4.78, 5) is 23.0. The van der Waals surface area contributed by atoms with E-state index in [0.29, 0.717) is 12.5 Å². The summed E-state index contributed by atoms with van der Waals surface area (Å²) in [6.07, 6.45) is 1.60. The smallest absolute Gasteiger partial charge is 0.309 e. The third-order valence-corrected chi connectivity index (χ3v) is 3.65. The first-order chi connectivity index (χ1) is 10.1. The number of carbonyl (C=O) groups excluding carboxylic acids is 2. The van der Waals surface area contributed by atoms with Gasteiger partial charge in [-0.3, -0.25) is 9.59 Å². The van der Waals surface area contributed by atoms with Crippen LogP contribution in [0.4, 0.5) is 0 Å². The molecule has 1 saturated carbocycles. The van der Waals surface area contributed by atoms with Crippen LogP contribution in [-0.2, 0) is 20.7 Å². The van der Waals surface area contributed by atoms with E-state index in [2.05, 4.69) is 5.32 Å². The second kappa shape index (κ2) is 7.11. The van der Waals surface area contributed by atoms with Crippen molar-refractivity contribution >= 4 is 11.9 Å². The summed E-state index contributed by atoms with van der Waals surface area (Å²) in [5.74, 6) is 0.690. The molecule has 0 heterocycles. The van der Waals surface area contributed by atoms with Gasteiger partial charge in [0.15, 0.2) is 6.61 Å². The van der Waals surface area contributed by atoms with Crippen LogP contribution in [-0.4, -0.2) is 32.1 Å². The lowest BCUT2D eigenvalue weighted by molar-refractivity contribution is -0.150. The summed E-state index contributed by atoms with van der Waals surface area (Å²) in [6.45, 7) is 2.33. The number of amides is 1. The van der Waals surface area contributed by atoms with Crippen molar-refractivity contribution in [2.75, 3.05) is 20.3 Å². The summed E-state index contributed by atoms with van der Waals surface area (Å²) >= 11 is 0. The normalized spacial score (nSPS) is 19.7. The van der Waals surface area contributed by atoms with E-state index in [9.17, 15) is 9.59 Å². The van der Waals surface area contributed by atoms with Gasteiger partial charge in [-0.05, 0) is 36.5 Å². The summed E-state index contributed by atoms with van der Waals surface area (Å²) < 4.78 is 10.0. The van der Waals surface area contributed by atoms with Gasteiger partial charge in [0.05, 0.1) is 13.0 Å². The van der Waals surface area contributed by atoms with Crippen LogP contribution in [0.3, 0.4) is 0 Å². The Kier molecular flexibility index (Phi) is 5.20. The standard InChI is InChI=1S/C16H21NO4/c1-11-9-14(11)16(19)21-10-15(18)17-8-7-12-3-5-13(20-2)6-4-12/h3-6,11,14H,7-10H2,1-2H3,(H,17,18)/t11-,14-/m0/s1. The van der Waals surface area contributed by atoms with Crippen LogP contribution < -0.4 is 10.1 Å². The molecule has 0 bridgehead atoms. The minimum atomic E-state index is -0.259. The molecule has 1 aliphatic rings. The van der Waals surface area contributed by atoms with Gasteiger partial charge in [0.1, 0.15) is 5.75 Å². The zero-order chi connectivity index (χ0) is 15.2. The molecule has 5 nitrogen and oxygen atoms in total. The fourth-order valence-electron chi connectivity index (χ4n) is 2.08. The van der Waals surface area contributed by atoms with E-state index in [1.165, 1.54) is 0 Å². The van der Waals surface area contributed by atoms with Crippen molar-refractivity contribution < 1.29 is 19.1 Å². The largest absolute Gasteiger partial charge is 0.497 e. The Morgan fingerprint density at radius 3 is 2.52 bits per heavy atom. The molecule has 1 amide bonds. The average Bonchev–Trinajstić information content (AvgIpc) is 3.22. The molecule has 5 heteroatoms. The topological polar surface area (TPSA) is 64.6 Å². The van der Waals surface area contributed by atoms with E-state index in [0.717, 1.165) is 24.2 Å². The van der Waals surface area contributed by atoms with Crippen molar-refractivity contribution in [2.45, 2.75) is 19.8 Å². The number of methoxy groups -OCH3 is 1. The zero-order valence-electron chi connectivity index (χ0n) is 12.4. The molecule has 114 valence electrons. The van der Waals surface area contributed by atoms with Gasteiger partial charge in [-0.15, -0.1) is 0 Å². The van der Waals surface area contributed by atoms with Gasteiger partial charge < -0.3 is 14.8 Å². The number of carbonyl (C=O) groups is 2. The number of benzene rings is 1. The maximum absolute atomic E-state index is 11.6. The van der Waals surface area contributed by atoms with Crippen LogP contribution in [0.5, 0.6) is 5.75 Å². The molecule has 1 aromatic carbocycles. The van der Waals surface area contributed by atoms with E-state index >= 15 is 0 Å². The third-order valence-electron chi connectivity index (χ3n) is 3.65. The van der Waals surface area contributed by atoms with Crippen molar-refractivity contribution in [1.82, 2.24) is 5.32 Å². The molecule has 2 atom stereocenters. The van der Waals surface area contributed by atoms with Crippen LogP contribution in [0.25, 0.3) is 0 Å². The average molecular weight is 291 g/mol. The van der Waals surface area contributed by atoms with Crippen LogP contribution in [0.2, 0.25) is 0 Å². The highest BCUT2D eigenvalue weighted by Crippen LogP contribution is 2.38. The highest BCUT2D eigenvalue weighted by Gasteiger charge is 2.40. The highest BCUT2D eigenvalue weighted by atomic mass is 16.5. The number of nitrogens with one attached hydrogen (secondary N) is 1. The summed E-state index contributed by atoms with van der Waals surface area (Å²) in [7, 11) is 1.62. The van der Waals surface area contributed by atoms with Crippen molar-refractivity contribution in [3.63, 3.8) is 0 Å². The molecule has 0 unspecified atom stereocenters. The van der Waals surface area contributed by atoms with E-state index in [1.807, 2.05) is 31.2 Å². The third kappa shape index (κ3) is 4.77. The van der Waals surface area contributed by atoms with Gasteiger partial charge in [0.2, 0.25) is 0 Å². The Labute approximate surface area is 124 Å². The monoisotopic (exact) mass is 291 g/mol. The number of esters is 1. The molecule has 0 aromatic heterocycles. The Morgan fingerprint density at radius 1 is 1.29 bits per heavy atom. The Bertz CT molecular complexity index is 498. The van der Waals surface area contributed by atoms with Crippen molar-refractivity contribution in [2.24, 2.45) is 11.8 Å². The van der Waals surface area contributed by atoms with Gasteiger partial charge in [0, 0.05) is 6.54 Å². The number of rotatable bonds is 7. The molecule has 0 saturated heterocycles. The van der Waals surface area contributed by atoms with Gasteiger partial charge in [-0.25, -0.2) is 0 Å². The predicted molar refractivity (Wildman–Crippen MR) is 77.9 cm³/mol. The van der Waals surface area contributed by atoms with E-state index in [1.54, 1.807) is 7.11 Å². The van der Waals surface area contributed by atoms with Gasteiger partial charge in [0.25, 0.3) is 5.91 Å². The first-order valence-corrected chi connectivity index (χ1v) is 7.16. The van der Waals surface area contributed by atoms with E-state index in [4.69, 9.17) is 9.47 Å². The van der Waals surface area contributed by atoms with Gasteiger partial charge in [-0.2, -0.15) is 0 Å². The van der Waals surface area contributed by atoms with Gasteiger partial charge >= 0.3 is 5.97 Å². The van der Waals surface area contributed by atoms with Crippen molar-refractivity contribution in [3.8, 4) is 5.75 Å². The van der Waals surface area contributed by atoms with Crippen LogP contribution in [0.15, 0.2) is 24.3 Å². The minimum absolute atomic E-state index is 0.00269. The SMILES string of the molecule is COc1ccc(CCNC(=O)COC(=O)[C@H]2C[C@@H]2C)cc1. The maximum Gasteiger partial charge on any atom is 0.309 e. The van der Waals surface area contributed by atoms with Crippen LogP contribution in [0, 0.1) is 11.8 Å². The molecule has 21 heavy (non-hydrogen) atoms. The van der Waals surface area contributed by atoms with Crippen LogP contribution >= 0.6 is 0 Å².